The van der Waals surface area contributed by atoms with Crippen molar-refractivity contribution in [3.8, 4) is 22.6 Å². The minimum absolute atomic E-state index is 0.0440. The average molecular weight is 448 g/mol. The lowest BCUT2D eigenvalue weighted by atomic mass is 9.91. The Morgan fingerprint density at radius 2 is 2.06 bits per heavy atom. The summed E-state index contributed by atoms with van der Waals surface area (Å²) in [4.78, 5) is 11.2. The molecular formula is C24H30FNO6. The van der Waals surface area contributed by atoms with Crippen molar-refractivity contribution in [1.29, 1.82) is 0 Å². The number of phenols is 1. The lowest BCUT2D eigenvalue weighted by molar-refractivity contribution is -0.264. The Labute approximate surface area is 187 Å². The summed E-state index contributed by atoms with van der Waals surface area (Å²) < 4.78 is 31.2. The van der Waals surface area contributed by atoms with Gasteiger partial charge in [0.15, 0.2) is 0 Å². The van der Waals surface area contributed by atoms with Gasteiger partial charge in [-0.25, -0.2) is 4.39 Å². The fourth-order valence-electron chi connectivity index (χ4n) is 4.14. The van der Waals surface area contributed by atoms with Crippen molar-refractivity contribution in [3.05, 3.63) is 47.8 Å². The molecule has 0 bridgehead atoms. The number of halogens is 1. The standard InChI is InChI=1S/C24H30FNO6/c1-14(27)26-9-8-18-19(15-6-5-7-16(25)10-15)11-17(12-20(18)28)31-22-13-21(29)23(30-4)24(2,3)32-22/h5-7,10-12,21-23,28-29H,8-9,13H2,1-4H3,(H,26,27)/t21-,22+,23+/m0/s1. The van der Waals surface area contributed by atoms with E-state index >= 15 is 0 Å². The number of amides is 1. The zero-order valence-corrected chi connectivity index (χ0v) is 18.7. The lowest BCUT2D eigenvalue weighted by Gasteiger charge is -2.44. The molecule has 1 aliphatic heterocycles. The number of hydrogen-bond acceptors (Lipinski definition) is 6. The molecule has 1 amide bonds. The van der Waals surface area contributed by atoms with Crippen molar-refractivity contribution < 1.29 is 33.6 Å². The van der Waals surface area contributed by atoms with Crippen molar-refractivity contribution in [2.75, 3.05) is 13.7 Å². The number of carbonyl (C=O) groups excluding carboxylic acids is 1. The zero-order valence-electron chi connectivity index (χ0n) is 18.7. The lowest BCUT2D eigenvalue weighted by Crippen LogP contribution is -2.56. The number of hydrogen-bond donors (Lipinski definition) is 3. The summed E-state index contributed by atoms with van der Waals surface area (Å²) in [5.41, 5.74) is 0.910. The van der Waals surface area contributed by atoms with Crippen molar-refractivity contribution in [2.45, 2.75) is 57.7 Å². The van der Waals surface area contributed by atoms with E-state index in [4.69, 9.17) is 14.2 Å². The molecule has 174 valence electrons. The van der Waals surface area contributed by atoms with Crippen LogP contribution in [0.4, 0.5) is 4.39 Å². The van der Waals surface area contributed by atoms with E-state index in [0.717, 1.165) is 0 Å². The monoisotopic (exact) mass is 447 g/mol. The maximum Gasteiger partial charge on any atom is 0.216 e. The van der Waals surface area contributed by atoms with E-state index in [1.807, 2.05) is 0 Å². The fraction of sp³-hybridized carbons (Fsp3) is 0.458. The van der Waals surface area contributed by atoms with Crippen LogP contribution in [0, 0.1) is 5.82 Å². The predicted molar refractivity (Wildman–Crippen MR) is 117 cm³/mol. The van der Waals surface area contributed by atoms with Crippen LogP contribution in [-0.2, 0) is 20.7 Å². The molecular weight excluding hydrogens is 417 g/mol. The van der Waals surface area contributed by atoms with Crippen LogP contribution in [0.1, 0.15) is 32.8 Å². The third-order valence-corrected chi connectivity index (χ3v) is 5.51. The smallest absolute Gasteiger partial charge is 0.216 e. The highest BCUT2D eigenvalue weighted by Crippen LogP contribution is 2.38. The fourth-order valence-corrected chi connectivity index (χ4v) is 4.14. The second kappa shape index (κ2) is 9.85. The van der Waals surface area contributed by atoms with Gasteiger partial charge < -0.3 is 29.7 Å². The second-order valence-electron chi connectivity index (χ2n) is 8.44. The molecule has 1 heterocycles. The summed E-state index contributed by atoms with van der Waals surface area (Å²) in [5, 5.41) is 23.9. The Morgan fingerprint density at radius 1 is 1.31 bits per heavy atom. The molecule has 2 aromatic carbocycles. The summed E-state index contributed by atoms with van der Waals surface area (Å²) in [5.74, 6) is -0.319. The van der Waals surface area contributed by atoms with Crippen molar-refractivity contribution in [2.24, 2.45) is 0 Å². The summed E-state index contributed by atoms with van der Waals surface area (Å²) >= 11 is 0. The van der Waals surface area contributed by atoms with Crippen LogP contribution in [0.5, 0.6) is 11.5 Å². The molecule has 0 aliphatic carbocycles. The minimum atomic E-state index is -0.790. The molecule has 0 unspecified atom stereocenters. The third kappa shape index (κ3) is 5.56. The molecule has 2 aromatic rings. The summed E-state index contributed by atoms with van der Waals surface area (Å²) in [6, 6.07) is 9.18. The van der Waals surface area contributed by atoms with Gasteiger partial charge in [-0.05, 0) is 49.6 Å². The van der Waals surface area contributed by atoms with Gasteiger partial charge >= 0.3 is 0 Å². The molecule has 8 heteroatoms. The Balaban J connectivity index is 1.91. The van der Waals surface area contributed by atoms with Gasteiger partial charge in [0.05, 0.1) is 11.7 Å². The van der Waals surface area contributed by atoms with Gasteiger partial charge in [0.1, 0.15) is 23.4 Å². The van der Waals surface area contributed by atoms with Crippen LogP contribution >= 0.6 is 0 Å². The number of aliphatic hydroxyl groups excluding tert-OH is 1. The van der Waals surface area contributed by atoms with Crippen LogP contribution in [0.3, 0.4) is 0 Å². The van der Waals surface area contributed by atoms with Crippen LogP contribution < -0.4 is 10.1 Å². The van der Waals surface area contributed by atoms with Gasteiger partial charge in [0.25, 0.3) is 0 Å². The predicted octanol–water partition coefficient (Wildman–Crippen LogP) is 3.16. The number of aromatic hydroxyl groups is 1. The molecule has 3 atom stereocenters. The maximum absolute atomic E-state index is 13.9. The first-order valence-corrected chi connectivity index (χ1v) is 10.5. The van der Waals surface area contributed by atoms with Gasteiger partial charge in [-0.1, -0.05) is 12.1 Å². The summed E-state index contributed by atoms with van der Waals surface area (Å²) in [6.07, 6.45) is -1.53. The number of benzene rings is 2. The molecule has 1 saturated heterocycles. The minimum Gasteiger partial charge on any atom is -0.508 e. The Morgan fingerprint density at radius 3 is 2.69 bits per heavy atom. The second-order valence-corrected chi connectivity index (χ2v) is 8.44. The van der Waals surface area contributed by atoms with E-state index in [-0.39, 0.29) is 18.1 Å². The topological polar surface area (TPSA) is 97.3 Å². The number of phenolic OH excluding ortho intramolecular Hbond substituents is 1. The third-order valence-electron chi connectivity index (χ3n) is 5.51. The van der Waals surface area contributed by atoms with Crippen LogP contribution in [0.25, 0.3) is 11.1 Å². The van der Waals surface area contributed by atoms with Crippen molar-refractivity contribution in [3.63, 3.8) is 0 Å². The van der Waals surface area contributed by atoms with E-state index in [0.29, 0.717) is 35.4 Å². The molecule has 0 saturated carbocycles. The van der Waals surface area contributed by atoms with E-state index in [1.54, 1.807) is 32.0 Å². The molecule has 32 heavy (non-hydrogen) atoms. The normalized spacial score (nSPS) is 22.4. The van der Waals surface area contributed by atoms with E-state index in [1.165, 1.54) is 32.2 Å². The van der Waals surface area contributed by atoms with Gasteiger partial charge in [0.2, 0.25) is 12.2 Å². The first-order chi connectivity index (χ1) is 15.1. The highest BCUT2D eigenvalue weighted by molar-refractivity contribution is 5.74. The number of aliphatic hydroxyl groups is 1. The quantitative estimate of drug-likeness (QED) is 0.603. The Hall–Kier alpha value is -2.68. The highest BCUT2D eigenvalue weighted by Gasteiger charge is 2.44. The van der Waals surface area contributed by atoms with Gasteiger partial charge in [-0.2, -0.15) is 0 Å². The molecule has 0 spiro atoms. The summed E-state index contributed by atoms with van der Waals surface area (Å²) in [6.45, 7) is 5.34. The number of nitrogens with one attached hydrogen (secondary N) is 1. The number of rotatable bonds is 7. The highest BCUT2D eigenvalue weighted by atomic mass is 19.1. The number of ether oxygens (including phenoxy) is 3. The van der Waals surface area contributed by atoms with E-state index < -0.39 is 29.9 Å². The van der Waals surface area contributed by atoms with Crippen LogP contribution in [0.2, 0.25) is 0 Å². The van der Waals surface area contributed by atoms with E-state index in [2.05, 4.69) is 5.32 Å². The Bertz CT molecular complexity index is 964. The first kappa shape index (κ1) is 24.0. The largest absolute Gasteiger partial charge is 0.508 e. The van der Waals surface area contributed by atoms with Crippen LogP contribution in [-0.4, -0.2) is 53.9 Å². The van der Waals surface area contributed by atoms with Crippen molar-refractivity contribution in [1.82, 2.24) is 5.32 Å². The molecule has 1 fully saturated rings. The van der Waals surface area contributed by atoms with Gasteiger partial charge in [-0.3, -0.25) is 4.79 Å². The molecule has 0 radical (unpaired) electrons. The maximum atomic E-state index is 13.9. The first-order valence-electron chi connectivity index (χ1n) is 10.5. The zero-order chi connectivity index (χ0) is 23.5. The average Bonchev–Trinajstić information content (AvgIpc) is 2.68. The molecule has 1 aliphatic rings. The number of methoxy groups -OCH3 is 1. The molecule has 7 nitrogen and oxygen atoms in total. The number of carbonyl (C=O) groups is 1. The SMILES string of the molecule is CO[C@@H]1[C@@H](O)C[C@H](Oc2cc(O)c(CCNC(C)=O)c(-c3cccc(F)c3)c2)OC1(C)C. The van der Waals surface area contributed by atoms with Crippen molar-refractivity contribution >= 4 is 5.91 Å². The summed E-state index contributed by atoms with van der Waals surface area (Å²) in [7, 11) is 1.52. The Kier molecular flexibility index (Phi) is 7.38. The molecule has 3 N–H and O–H groups in total. The molecule has 3 rings (SSSR count). The molecule has 0 aromatic heterocycles. The van der Waals surface area contributed by atoms with E-state index in [9.17, 15) is 19.4 Å². The van der Waals surface area contributed by atoms with Crippen LogP contribution in [0.15, 0.2) is 36.4 Å². The van der Waals surface area contributed by atoms with Gasteiger partial charge in [-0.15, -0.1) is 0 Å². The van der Waals surface area contributed by atoms with Gasteiger partial charge in [0, 0.05) is 38.6 Å².